The number of nitrogens with one attached hydrogen (secondary N) is 1. The molecular weight excluding hydrogens is 318 g/mol. The van der Waals surface area contributed by atoms with Gasteiger partial charge >= 0.3 is 0 Å². The van der Waals surface area contributed by atoms with Crippen molar-refractivity contribution in [2.45, 2.75) is 19.5 Å². The first-order chi connectivity index (χ1) is 12.1. The average molecular weight is 341 g/mol. The summed E-state index contributed by atoms with van der Waals surface area (Å²) in [4.78, 5) is 28.6. The highest BCUT2D eigenvalue weighted by molar-refractivity contribution is 5.93. The molecule has 1 fully saturated rings. The Kier molecular flexibility index (Phi) is 5.50. The molecule has 1 atom stereocenters. The van der Waals surface area contributed by atoms with E-state index in [1.54, 1.807) is 11.0 Å². The molecule has 1 saturated heterocycles. The molecule has 6 heteroatoms. The van der Waals surface area contributed by atoms with Gasteiger partial charge in [-0.05, 0) is 18.6 Å². The monoisotopic (exact) mass is 341 g/mol. The Morgan fingerprint density at radius 1 is 1.12 bits per heavy atom. The van der Waals surface area contributed by atoms with Crippen LogP contribution in [0.4, 0.5) is 0 Å². The fourth-order valence-corrected chi connectivity index (χ4v) is 2.98. The number of rotatable bonds is 5. The normalized spacial score (nSPS) is 16.4. The summed E-state index contributed by atoms with van der Waals surface area (Å²) in [7, 11) is 0. The van der Waals surface area contributed by atoms with Crippen LogP contribution in [0.1, 0.15) is 22.8 Å². The third-order valence-electron chi connectivity index (χ3n) is 4.61. The van der Waals surface area contributed by atoms with Crippen LogP contribution in [-0.2, 0) is 11.3 Å². The zero-order valence-electron chi connectivity index (χ0n) is 14.4. The van der Waals surface area contributed by atoms with E-state index in [0.29, 0.717) is 38.3 Å². The largest absolute Gasteiger partial charge is 0.472 e. The summed E-state index contributed by atoms with van der Waals surface area (Å²) < 4.78 is 4.97. The maximum absolute atomic E-state index is 12.4. The van der Waals surface area contributed by atoms with Gasteiger partial charge in [-0.15, -0.1) is 0 Å². The van der Waals surface area contributed by atoms with Crippen LogP contribution in [0.5, 0.6) is 0 Å². The Hall–Kier alpha value is -2.60. The van der Waals surface area contributed by atoms with Gasteiger partial charge in [-0.1, -0.05) is 30.3 Å². The number of furan rings is 1. The van der Waals surface area contributed by atoms with E-state index in [0.717, 1.165) is 5.56 Å². The van der Waals surface area contributed by atoms with Crippen molar-refractivity contribution in [1.82, 2.24) is 15.1 Å². The minimum Gasteiger partial charge on any atom is -0.472 e. The number of hydrogen-bond acceptors (Lipinski definition) is 4. The van der Waals surface area contributed by atoms with Gasteiger partial charge < -0.3 is 14.6 Å². The summed E-state index contributed by atoms with van der Waals surface area (Å²) >= 11 is 0. The van der Waals surface area contributed by atoms with E-state index < -0.39 is 0 Å². The smallest absolute Gasteiger partial charge is 0.257 e. The number of amides is 2. The van der Waals surface area contributed by atoms with Crippen LogP contribution in [0.3, 0.4) is 0 Å². The molecule has 6 nitrogen and oxygen atoms in total. The SMILES string of the molecule is CC(C(=O)NCc1ccccc1)N1CCN(C(=O)c2ccoc2)CC1. The summed E-state index contributed by atoms with van der Waals surface area (Å²) in [5, 5.41) is 2.98. The third kappa shape index (κ3) is 4.28. The third-order valence-corrected chi connectivity index (χ3v) is 4.61. The Morgan fingerprint density at radius 2 is 1.84 bits per heavy atom. The quantitative estimate of drug-likeness (QED) is 0.900. The minimum atomic E-state index is -0.213. The number of nitrogens with zero attached hydrogens (tertiary/aromatic N) is 2. The molecule has 1 aliphatic rings. The zero-order valence-corrected chi connectivity index (χ0v) is 14.4. The first kappa shape index (κ1) is 17.2. The second-order valence-electron chi connectivity index (χ2n) is 6.22. The number of benzene rings is 1. The van der Waals surface area contributed by atoms with Crippen molar-refractivity contribution in [3.05, 3.63) is 60.1 Å². The molecule has 3 rings (SSSR count). The predicted molar refractivity (Wildman–Crippen MR) is 93.9 cm³/mol. The first-order valence-electron chi connectivity index (χ1n) is 8.52. The molecule has 2 heterocycles. The van der Waals surface area contributed by atoms with Gasteiger partial charge in [0.1, 0.15) is 6.26 Å². The van der Waals surface area contributed by atoms with Gasteiger partial charge in [0, 0.05) is 32.7 Å². The lowest BCUT2D eigenvalue weighted by atomic mass is 10.2. The summed E-state index contributed by atoms with van der Waals surface area (Å²) in [5.41, 5.74) is 1.65. The molecule has 0 radical (unpaired) electrons. The van der Waals surface area contributed by atoms with Gasteiger partial charge in [0.25, 0.3) is 5.91 Å². The van der Waals surface area contributed by atoms with Crippen molar-refractivity contribution in [2.75, 3.05) is 26.2 Å². The second-order valence-corrected chi connectivity index (χ2v) is 6.22. The van der Waals surface area contributed by atoms with E-state index in [9.17, 15) is 9.59 Å². The molecule has 0 aliphatic carbocycles. The molecule has 0 saturated carbocycles. The van der Waals surface area contributed by atoms with Crippen molar-refractivity contribution >= 4 is 11.8 Å². The van der Waals surface area contributed by atoms with Gasteiger partial charge in [-0.3, -0.25) is 14.5 Å². The van der Waals surface area contributed by atoms with Gasteiger partial charge in [0.05, 0.1) is 17.9 Å². The van der Waals surface area contributed by atoms with Gasteiger partial charge in [-0.2, -0.15) is 0 Å². The lowest BCUT2D eigenvalue weighted by Gasteiger charge is -2.37. The van der Waals surface area contributed by atoms with Gasteiger partial charge in [0.2, 0.25) is 5.91 Å². The molecular formula is C19H23N3O3. The Labute approximate surface area is 147 Å². The van der Waals surface area contributed by atoms with E-state index >= 15 is 0 Å². The summed E-state index contributed by atoms with van der Waals surface area (Å²) in [5.74, 6) is -0.00644. The summed E-state index contributed by atoms with van der Waals surface area (Å²) in [6, 6.07) is 11.3. The lowest BCUT2D eigenvalue weighted by molar-refractivity contribution is -0.126. The van der Waals surface area contributed by atoms with E-state index in [2.05, 4.69) is 10.2 Å². The van der Waals surface area contributed by atoms with Crippen LogP contribution in [0, 0.1) is 0 Å². The molecule has 2 amide bonds. The molecule has 1 aliphatic heterocycles. The van der Waals surface area contributed by atoms with Crippen LogP contribution < -0.4 is 5.32 Å². The van der Waals surface area contributed by atoms with Crippen molar-refractivity contribution in [3.8, 4) is 0 Å². The van der Waals surface area contributed by atoms with Crippen molar-refractivity contribution < 1.29 is 14.0 Å². The van der Waals surface area contributed by atoms with Crippen molar-refractivity contribution in [3.63, 3.8) is 0 Å². The average Bonchev–Trinajstić information content (AvgIpc) is 3.20. The Balaban J connectivity index is 1.47. The molecule has 1 N–H and O–H groups in total. The molecule has 1 aromatic heterocycles. The Bertz CT molecular complexity index is 692. The molecule has 0 bridgehead atoms. The molecule has 0 spiro atoms. The fraction of sp³-hybridized carbons (Fsp3) is 0.368. The fourth-order valence-electron chi connectivity index (χ4n) is 2.98. The van der Waals surface area contributed by atoms with E-state index in [1.807, 2.05) is 37.3 Å². The van der Waals surface area contributed by atoms with E-state index in [1.165, 1.54) is 12.5 Å². The zero-order chi connectivity index (χ0) is 17.6. The molecule has 25 heavy (non-hydrogen) atoms. The molecule has 1 aromatic carbocycles. The van der Waals surface area contributed by atoms with Crippen LogP contribution in [0.15, 0.2) is 53.3 Å². The van der Waals surface area contributed by atoms with Gasteiger partial charge in [-0.25, -0.2) is 0 Å². The standard InChI is InChI=1S/C19H23N3O3/c1-15(18(23)20-13-16-5-3-2-4-6-16)21-8-10-22(11-9-21)19(24)17-7-12-25-14-17/h2-7,12,14-15H,8-11,13H2,1H3,(H,20,23). The predicted octanol–water partition coefficient (Wildman–Crippen LogP) is 1.74. The highest BCUT2D eigenvalue weighted by Crippen LogP contribution is 2.11. The second kappa shape index (κ2) is 7.98. The van der Waals surface area contributed by atoms with Crippen molar-refractivity contribution in [2.24, 2.45) is 0 Å². The number of hydrogen-bond donors (Lipinski definition) is 1. The van der Waals surface area contributed by atoms with E-state index in [-0.39, 0.29) is 17.9 Å². The highest BCUT2D eigenvalue weighted by atomic mass is 16.3. The highest BCUT2D eigenvalue weighted by Gasteiger charge is 2.28. The van der Waals surface area contributed by atoms with Crippen LogP contribution >= 0.6 is 0 Å². The molecule has 2 aromatic rings. The van der Waals surface area contributed by atoms with Crippen molar-refractivity contribution in [1.29, 1.82) is 0 Å². The molecule has 1 unspecified atom stereocenters. The first-order valence-corrected chi connectivity index (χ1v) is 8.52. The minimum absolute atomic E-state index is 0.0125. The van der Waals surface area contributed by atoms with Crippen LogP contribution in [-0.4, -0.2) is 53.8 Å². The van der Waals surface area contributed by atoms with Gasteiger partial charge in [0.15, 0.2) is 0 Å². The number of piperazine rings is 1. The van der Waals surface area contributed by atoms with E-state index in [4.69, 9.17) is 4.42 Å². The maximum atomic E-state index is 12.4. The number of carbonyl (C=O) groups excluding carboxylic acids is 2. The van der Waals surface area contributed by atoms with Crippen LogP contribution in [0.25, 0.3) is 0 Å². The molecule has 132 valence electrons. The number of carbonyl (C=O) groups is 2. The van der Waals surface area contributed by atoms with Crippen LogP contribution in [0.2, 0.25) is 0 Å². The maximum Gasteiger partial charge on any atom is 0.257 e. The lowest BCUT2D eigenvalue weighted by Crippen LogP contribution is -2.54. The summed E-state index contributed by atoms with van der Waals surface area (Å²) in [6.07, 6.45) is 2.97. The summed E-state index contributed by atoms with van der Waals surface area (Å²) in [6.45, 7) is 5.03. The topological polar surface area (TPSA) is 65.8 Å². The Morgan fingerprint density at radius 3 is 2.48 bits per heavy atom.